The maximum absolute atomic E-state index is 5.61. The van der Waals surface area contributed by atoms with Crippen LogP contribution in [0.25, 0.3) is 0 Å². The van der Waals surface area contributed by atoms with Crippen LogP contribution in [0, 0.1) is 5.92 Å². The third-order valence-electron chi connectivity index (χ3n) is 4.17. The highest BCUT2D eigenvalue weighted by atomic mass is 16.5. The van der Waals surface area contributed by atoms with Gasteiger partial charge < -0.3 is 10.1 Å². The van der Waals surface area contributed by atoms with Gasteiger partial charge in [-0.15, -0.1) is 0 Å². The minimum atomic E-state index is 0.370. The van der Waals surface area contributed by atoms with E-state index in [1.54, 1.807) is 0 Å². The molecule has 1 aromatic carbocycles. The van der Waals surface area contributed by atoms with E-state index in [4.69, 9.17) is 4.74 Å². The Balaban J connectivity index is 2.21. The largest absolute Gasteiger partial charge is 0.380 e. The maximum Gasteiger partial charge on any atom is 0.0593 e. The Hall–Kier alpha value is -0.900. The van der Waals surface area contributed by atoms with E-state index >= 15 is 0 Å². The summed E-state index contributed by atoms with van der Waals surface area (Å²) in [5.41, 5.74) is 1.37. The highest BCUT2D eigenvalue weighted by Crippen LogP contribution is 2.27. The van der Waals surface area contributed by atoms with Crippen LogP contribution in [0.15, 0.2) is 30.3 Å². The van der Waals surface area contributed by atoms with Crippen LogP contribution in [-0.4, -0.2) is 44.3 Å². The molecule has 0 aliphatic carbocycles. The molecule has 1 aromatic rings. The molecule has 3 heteroatoms. The highest BCUT2D eigenvalue weighted by molar-refractivity contribution is 5.21. The third kappa shape index (κ3) is 3.81. The van der Waals surface area contributed by atoms with Gasteiger partial charge in [0, 0.05) is 31.8 Å². The summed E-state index contributed by atoms with van der Waals surface area (Å²) in [6.45, 7) is 8.57. The fourth-order valence-electron chi connectivity index (χ4n) is 3.28. The van der Waals surface area contributed by atoms with Crippen molar-refractivity contribution in [3.05, 3.63) is 35.9 Å². The predicted octanol–water partition coefficient (Wildman–Crippen LogP) is 2.69. The molecule has 1 N–H and O–H groups in total. The van der Waals surface area contributed by atoms with E-state index in [9.17, 15) is 0 Å². The molecule has 0 amide bonds. The quantitative estimate of drug-likeness (QED) is 0.895. The average molecular weight is 276 g/mol. The molecule has 1 aliphatic rings. The summed E-state index contributed by atoms with van der Waals surface area (Å²) in [6, 6.07) is 11.7. The molecular weight excluding hydrogens is 248 g/mol. The number of hydrogen-bond acceptors (Lipinski definition) is 3. The first kappa shape index (κ1) is 15.5. The van der Waals surface area contributed by atoms with Crippen molar-refractivity contribution >= 4 is 0 Å². The van der Waals surface area contributed by atoms with Gasteiger partial charge in [-0.3, -0.25) is 4.90 Å². The molecule has 0 spiro atoms. The summed E-state index contributed by atoms with van der Waals surface area (Å²) in [5, 5.41) is 3.54. The molecule has 112 valence electrons. The fourth-order valence-corrected chi connectivity index (χ4v) is 3.28. The predicted molar refractivity (Wildman–Crippen MR) is 83.9 cm³/mol. The van der Waals surface area contributed by atoms with Crippen LogP contribution in [0.2, 0.25) is 0 Å². The first-order valence-electron chi connectivity index (χ1n) is 7.78. The van der Waals surface area contributed by atoms with Gasteiger partial charge in [-0.2, -0.15) is 0 Å². The molecule has 1 fully saturated rings. The van der Waals surface area contributed by atoms with E-state index in [-0.39, 0.29) is 0 Å². The van der Waals surface area contributed by atoms with E-state index in [1.807, 2.05) is 0 Å². The molecule has 1 saturated heterocycles. The second-order valence-electron chi connectivity index (χ2n) is 5.91. The minimum Gasteiger partial charge on any atom is -0.380 e. The molecule has 2 atom stereocenters. The Kier molecular flexibility index (Phi) is 6.02. The van der Waals surface area contributed by atoms with Crippen molar-refractivity contribution in [1.29, 1.82) is 0 Å². The van der Waals surface area contributed by atoms with Crippen LogP contribution < -0.4 is 5.32 Å². The van der Waals surface area contributed by atoms with Gasteiger partial charge >= 0.3 is 0 Å². The van der Waals surface area contributed by atoms with Crippen LogP contribution in [0.3, 0.4) is 0 Å². The lowest BCUT2D eigenvalue weighted by molar-refractivity contribution is 0.102. The van der Waals surface area contributed by atoms with E-state index in [0.29, 0.717) is 18.0 Å². The van der Waals surface area contributed by atoms with E-state index in [1.165, 1.54) is 5.56 Å². The molecule has 0 radical (unpaired) electrons. The number of nitrogens with zero attached hydrogens (tertiary/aromatic N) is 1. The standard InChI is InChI=1S/C17H28N2O/c1-14(2)17(19-10-7-12-20-13-11-19)16(18-3)15-8-5-4-6-9-15/h4-6,8-9,14,16-18H,7,10-13H2,1-3H3. The zero-order chi connectivity index (χ0) is 14.4. The molecule has 20 heavy (non-hydrogen) atoms. The van der Waals surface area contributed by atoms with Crippen molar-refractivity contribution in [3.63, 3.8) is 0 Å². The molecule has 2 unspecified atom stereocenters. The summed E-state index contributed by atoms with van der Waals surface area (Å²) >= 11 is 0. The number of likely N-dealkylation sites (N-methyl/N-ethyl adjacent to an activating group) is 1. The Bertz CT molecular complexity index is 372. The lowest BCUT2D eigenvalue weighted by Gasteiger charge is -2.39. The van der Waals surface area contributed by atoms with Gasteiger partial charge in [0.05, 0.1) is 6.61 Å². The van der Waals surface area contributed by atoms with Gasteiger partial charge in [0.25, 0.3) is 0 Å². The molecule has 0 bridgehead atoms. The van der Waals surface area contributed by atoms with Crippen molar-refractivity contribution in [2.75, 3.05) is 33.4 Å². The summed E-state index contributed by atoms with van der Waals surface area (Å²) in [4.78, 5) is 2.60. The Morgan fingerprint density at radius 1 is 1.10 bits per heavy atom. The first-order valence-corrected chi connectivity index (χ1v) is 7.78. The fraction of sp³-hybridized carbons (Fsp3) is 0.647. The molecular formula is C17H28N2O. The highest BCUT2D eigenvalue weighted by Gasteiger charge is 2.30. The lowest BCUT2D eigenvalue weighted by atomic mass is 9.89. The van der Waals surface area contributed by atoms with E-state index in [0.717, 1.165) is 32.7 Å². The summed E-state index contributed by atoms with van der Waals surface area (Å²) in [6.07, 6.45) is 1.13. The number of benzene rings is 1. The van der Waals surface area contributed by atoms with Gasteiger partial charge in [0.1, 0.15) is 0 Å². The van der Waals surface area contributed by atoms with Crippen molar-refractivity contribution in [1.82, 2.24) is 10.2 Å². The maximum atomic E-state index is 5.61. The van der Waals surface area contributed by atoms with Crippen LogP contribution in [0.1, 0.15) is 31.9 Å². The zero-order valence-corrected chi connectivity index (χ0v) is 13.0. The van der Waals surface area contributed by atoms with Crippen LogP contribution in [0.4, 0.5) is 0 Å². The van der Waals surface area contributed by atoms with Crippen molar-refractivity contribution in [2.24, 2.45) is 5.92 Å². The van der Waals surface area contributed by atoms with Gasteiger partial charge in [-0.1, -0.05) is 44.2 Å². The van der Waals surface area contributed by atoms with Crippen LogP contribution >= 0.6 is 0 Å². The zero-order valence-electron chi connectivity index (χ0n) is 13.0. The third-order valence-corrected chi connectivity index (χ3v) is 4.17. The van der Waals surface area contributed by atoms with Gasteiger partial charge in [-0.05, 0) is 24.9 Å². The average Bonchev–Trinajstić information content (AvgIpc) is 2.74. The molecule has 0 saturated carbocycles. The lowest BCUT2D eigenvalue weighted by Crippen LogP contribution is -2.48. The summed E-state index contributed by atoms with van der Waals surface area (Å²) in [7, 11) is 2.07. The van der Waals surface area contributed by atoms with Crippen molar-refractivity contribution < 1.29 is 4.74 Å². The number of hydrogen-bond donors (Lipinski definition) is 1. The second-order valence-corrected chi connectivity index (χ2v) is 5.91. The minimum absolute atomic E-state index is 0.370. The normalized spacial score (nSPS) is 20.6. The molecule has 3 nitrogen and oxygen atoms in total. The summed E-state index contributed by atoms with van der Waals surface area (Å²) < 4.78 is 5.61. The number of nitrogens with one attached hydrogen (secondary N) is 1. The van der Waals surface area contributed by atoms with Gasteiger partial charge in [-0.25, -0.2) is 0 Å². The first-order chi connectivity index (χ1) is 9.74. The molecule has 0 aromatic heterocycles. The van der Waals surface area contributed by atoms with Crippen molar-refractivity contribution in [2.45, 2.75) is 32.4 Å². The van der Waals surface area contributed by atoms with E-state index in [2.05, 4.69) is 61.4 Å². The van der Waals surface area contributed by atoms with Gasteiger partial charge in [0.15, 0.2) is 0 Å². The topological polar surface area (TPSA) is 24.5 Å². The van der Waals surface area contributed by atoms with E-state index < -0.39 is 0 Å². The van der Waals surface area contributed by atoms with Crippen LogP contribution in [-0.2, 0) is 4.74 Å². The Morgan fingerprint density at radius 2 is 1.85 bits per heavy atom. The number of rotatable bonds is 5. The Labute approximate surface area is 123 Å². The van der Waals surface area contributed by atoms with Gasteiger partial charge in [0.2, 0.25) is 0 Å². The molecule has 1 heterocycles. The van der Waals surface area contributed by atoms with Crippen molar-refractivity contribution in [3.8, 4) is 0 Å². The molecule has 2 rings (SSSR count). The SMILES string of the molecule is CNC(c1ccccc1)C(C(C)C)N1CCCOCC1. The van der Waals surface area contributed by atoms with Crippen LogP contribution in [0.5, 0.6) is 0 Å². The monoisotopic (exact) mass is 276 g/mol. The molecule has 1 aliphatic heterocycles. The summed E-state index contributed by atoms with van der Waals surface area (Å²) in [5.74, 6) is 0.603. The second kappa shape index (κ2) is 7.77. The smallest absolute Gasteiger partial charge is 0.0593 e. The number of ether oxygens (including phenoxy) is 1. The Morgan fingerprint density at radius 3 is 2.50 bits per heavy atom.